The lowest BCUT2D eigenvalue weighted by molar-refractivity contribution is 0.778. The Bertz CT molecular complexity index is 492. The average molecular weight is 261 g/mol. The van der Waals surface area contributed by atoms with Crippen LogP contribution in [0.1, 0.15) is 12.8 Å². The first-order valence-corrected chi connectivity index (χ1v) is 7.17. The van der Waals surface area contributed by atoms with Crippen LogP contribution in [-0.4, -0.2) is 37.8 Å². The Morgan fingerprint density at radius 3 is 3.00 bits per heavy atom. The van der Waals surface area contributed by atoms with Gasteiger partial charge in [-0.15, -0.1) is 0 Å². The maximum atomic E-state index is 4.04. The standard InChI is InChI=1S/C12H15N5S/c1-2-5-10(6-3-1)17-12(14-15-16-17)13-9-11-7-4-8-18-11/h1-3,5-6,11H,4,7-9H2,(H,13,14,16). The lowest BCUT2D eigenvalue weighted by atomic mass is 10.2. The van der Waals surface area contributed by atoms with Crippen molar-refractivity contribution in [3.8, 4) is 5.69 Å². The van der Waals surface area contributed by atoms with E-state index < -0.39 is 0 Å². The lowest BCUT2D eigenvalue weighted by Gasteiger charge is -2.10. The van der Waals surface area contributed by atoms with Crippen molar-refractivity contribution >= 4 is 17.7 Å². The predicted octanol–water partition coefficient (Wildman–Crippen LogP) is 1.97. The summed E-state index contributed by atoms with van der Waals surface area (Å²) in [7, 11) is 0. The number of hydrogen-bond donors (Lipinski definition) is 1. The lowest BCUT2D eigenvalue weighted by Crippen LogP contribution is -2.16. The Hall–Kier alpha value is -1.56. The molecular weight excluding hydrogens is 246 g/mol. The van der Waals surface area contributed by atoms with E-state index in [1.54, 1.807) is 4.68 Å². The number of benzene rings is 1. The zero-order chi connectivity index (χ0) is 12.2. The summed E-state index contributed by atoms with van der Waals surface area (Å²) in [6.45, 7) is 0.928. The molecule has 0 radical (unpaired) electrons. The predicted molar refractivity (Wildman–Crippen MR) is 73.1 cm³/mol. The molecule has 1 aliphatic heterocycles. The van der Waals surface area contributed by atoms with Crippen LogP contribution in [0.15, 0.2) is 30.3 Å². The van der Waals surface area contributed by atoms with Crippen molar-refractivity contribution < 1.29 is 0 Å². The molecule has 18 heavy (non-hydrogen) atoms. The molecule has 1 saturated heterocycles. The first kappa shape index (κ1) is 11.5. The second-order valence-electron chi connectivity index (χ2n) is 4.27. The number of tetrazole rings is 1. The number of nitrogens with zero attached hydrogens (tertiary/aromatic N) is 4. The quantitative estimate of drug-likeness (QED) is 0.912. The molecule has 1 aromatic carbocycles. The van der Waals surface area contributed by atoms with Gasteiger partial charge in [-0.2, -0.15) is 16.4 Å². The molecule has 1 unspecified atom stereocenters. The van der Waals surface area contributed by atoms with Crippen molar-refractivity contribution in [3.63, 3.8) is 0 Å². The van der Waals surface area contributed by atoms with Crippen LogP contribution in [0.5, 0.6) is 0 Å². The van der Waals surface area contributed by atoms with Gasteiger partial charge in [0, 0.05) is 11.8 Å². The van der Waals surface area contributed by atoms with Crippen LogP contribution in [0.25, 0.3) is 5.69 Å². The van der Waals surface area contributed by atoms with Crippen LogP contribution in [0, 0.1) is 0 Å². The summed E-state index contributed by atoms with van der Waals surface area (Å²) < 4.78 is 1.74. The third kappa shape index (κ3) is 2.48. The van der Waals surface area contributed by atoms with Crippen LogP contribution in [-0.2, 0) is 0 Å². The summed E-state index contributed by atoms with van der Waals surface area (Å²) in [5.41, 5.74) is 0.976. The molecule has 5 nitrogen and oxygen atoms in total. The van der Waals surface area contributed by atoms with Crippen LogP contribution in [0.3, 0.4) is 0 Å². The molecule has 1 aromatic heterocycles. The number of hydrogen-bond acceptors (Lipinski definition) is 5. The fourth-order valence-electron chi connectivity index (χ4n) is 2.05. The van der Waals surface area contributed by atoms with Gasteiger partial charge in [0.2, 0.25) is 5.95 Å². The molecular formula is C12H15N5S. The molecule has 2 heterocycles. The smallest absolute Gasteiger partial charge is 0.247 e. The van der Waals surface area contributed by atoms with Gasteiger partial charge in [0.1, 0.15) is 0 Å². The van der Waals surface area contributed by atoms with E-state index in [0.717, 1.165) is 12.2 Å². The normalized spacial score (nSPS) is 19.0. The highest BCUT2D eigenvalue weighted by Crippen LogP contribution is 2.26. The van der Waals surface area contributed by atoms with Crippen LogP contribution in [0.2, 0.25) is 0 Å². The zero-order valence-corrected chi connectivity index (χ0v) is 10.8. The molecule has 0 amide bonds. The maximum Gasteiger partial charge on any atom is 0.247 e. The van der Waals surface area contributed by atoms with Crippen molar-refractivity contribution in [2.24, 2.45) is 0 Å². The summed E-state index contributed by atoms with van der Waals surface area (Å²) in [6.07, 6.45) is 2.60. The van der Waals surface area contributed by atoms with Gasteiger partial charge in [0.05, 0.1) is 5.69 Å². The van der Waals surface area contributed by atoms with E-state index in [2.05, 4.69) is 20.8 Å². The number of nitrogens with one attached hydrogen (secondary N) is 1. The van der Waals surface area contributed by atoms with Gasteiger partial charge in [0.15, 0.2) is 0 Å². The van der Waals surface area contributed by atoms with E-state index in [-0.39, 0.29) is 0 Å². The molecule has 1 atom stereocenters. The molecule has 1 fully saturated rings. The molecule has 6 heteroatoms. The highest BCUT2D eigenvalue weighted by atomic mass is 32.2. The van der Waals surface area contributed by atoms with Crippen LogP contribution < -0.4 is 5.32 Å². The number of thioether (sulfide) groups is 1. The largest absolute Gasteiger partial charge is 0.352 e. The molecule has 2 aromatic rings. The highest BCUT2D eigenvalue weighted by molar-refractivity contribution is 8.00. The van der Waals surface area contributed by atoms with Crippen molar-refractivity contribution in [1.82, 2.24) is 20.2 Å². The number of rotatable bonds is 4. The molecule has 1 N–H and O–H groups in total. The summed E-state index contributed by atoms with van der Waals surface area (Å²) in [5.74, 6) is 1.99. The molecule has 1 aliphatic rings. The summed E-state index contributed by atoms with van der Waals surface area (Å²) in [5, 5.41) is 15.8. The van der Waals surface area contributed by atoms with Crippen molar-refractivity contribution in [2.45, 2.75) is 18.1 Å². The number of para-hydroxylation sites is 1. The molecule has 0 saturated carbocycles. The van der Waals surface area contributed by atoms with Crippen molar-refractivity contribution in [3.05, 3.63) is 30.3 Å². The van der Waals surface area contributed by atoms with E-state index in [4.69, 9.17) is 0 Å². The number of aromatic nitrogens is 4. The SMILES string of the molecule is c1ccc(-n2nnnc2NCC2CCCS2)cc1. The monoisotopic (exact) mass is 261 g/mol. The topological polar surface area (TPSA) is 55.6 Å². The molecule has 0 bridgehead atoms. The first-order valence-electron chi connectivity index (χ1n) is 6.13. The third-order valence-electron chi connectivity index (χ3n) is 2.98. The van der Waals surface area contributed by atoms with Gasteiger partial charge in [-0.3, -0.25) is 0 Å². The van der Waals surface area contributed by atoms with Gasteiger partial charge in [-0.25, -0.2) is 0 Å². The average Bonchev–Trinajstić information content (AvgIpc) is 3.09. The Labute approximate surface area is 110 Å². The minimum atomic E-state index is 0.686. The number of anilines is 1. The van der Waals surface area contributed by atoms with Gasteiger partial charge in [0.25, 0.3) is 0 Å². The summed E-state index contributed by atoms with van der Waals surface area (Å²) in [4.78, 5) is 0. The first-order chi connectivity index (χ1) is 8.93. The second kappa shape index (κ2) is 5.39. The van der Waals surface area contributed by atoms with Crippen LogP contribution in [0.4, 0.5) is 5.95 Å². The summed E-state index contributed by atoms with van der Waals surface area (Å²) >= 11 is 2.03. The Morgan fingerprint density at radius 1 is 1.33 bits per heavy atom. The van der Waals surface area contributed by atoms with E-state index in [1.165, 1.54) is 18.6 Å². The third-order valence-corrected chi connectivity index (χ3v) is 4.38. The van der Waals surface area contributed by atoms with Crippen molar-refractivity contribution in [1.29, 1.82) is 0 Å². The van der Waals surface area contributed by atoms with E-state index >= 15 is 0 Å². The molecule has 0 aliphatic carbocycles. The van der Waals surface area contributed by atoms with Gasteiger partial charge < -0.3 is 5.32 Å². The summed E-state index contributed by atoms with van der Waals surface area (Å²) in [6, 6.07) is 9.93. The van der Waals surface area contributed by atoms with Crippen LogP contribution >= 0.6 is 11.8 Å². The van der Waals surface area contributed by atoms with Gasteiger partial charge >= 0.3 is 0 Å². The molecule has 0 spiro atoms. The van der Waals surface area contributed by atoms with Crippen molar-refractivity contribution in [2.75, 3.05) is 17.6 Å². The Balaban J connectivity index is 1.71. The van der Waals surface area contributed by atoms with E-state index in [1.807, 2.05) is 42.1 Å². The minimum Gasteiger partial charge on any atom is -0.352 e. The van der Waals surface area contributed by atoms with E-state index in [9.17, 15) is 0 Å². The minimum absolute atomic E-state index is 0.686. The Kier molecular flexibility index (Phi) is 3.45. The fraction of sp³-hybridized carbons (Fsp3) is 0.417. The van der Waals surface area contributed by atoms with E-state index in [0.29, 0.717) is 11.2 Å². The van der Waals surface area contributed by atoms with Gasteiger partial charge in [-0.1, -0.05) is 23.3 Å². The molecule has 94 valence electrons. The maximum absolute atomic E-state index is 4.04. The second-order valence-corrected chi connectivity index (χ2v) is 5.67. The highest BCUT2D eigenvalue weighted by Gasteiger charge is 2.16. The Morgan fingerprint density at radius 2 is 2.22 bits per heavy atom. The zero-order valence-electron chi connectivity index (χ0n) is 9.99. The molecule has 3 rings (SSSR count). The fourth-order valence-corrected chi connectivity index (χ4v) is 3.25. The van der Waals surface area contributed by atoms with Gasteiger partial charge in [-0.05, 0) is 41.2 Å².